The van der Waals surface area contributed by atoms with Crippen LogP contribution < -0.4 is 16.2 Å². The predicted molar refractivity (Wildman–Crippen MR) is 63.5 cm³/mol. The fourth-order valence-corrected chi connectivity index (χ4v) is 2.11. The first-order valence-electron chi connectivity index (χ1n) is 4.83. The van der Waals surface area contributed by atoms with Crippen LogP contribution in [0.25, 0.3) is 0 Å². The Labute approximate surface area is 100.0 Å². The van der Waals surface area contributed by atoms with E-state index in [1.807, 2.05) is 0 Å². The van der Waals surface area contributed by atoms with E-state index in [0.717, 1.165) is 5.33 Å². The number of aromatic amines is 1. The van der Waals surface area contributed by atoms with Crippen LogP contribution in [0.4, 0.5) is 11.8 Å². The van der Waals surface area contributed by atoms with Gasteiger partial charge in [-0.1, -0.05) is 15.9 Å². The number of hydrogen-bond acceptors (Lipinski definition) is 4. The number of aromatic nitrogens is 2. The molecule has 16 heavy (non-hydrogen) atoms. The zero-order valence-corrected chi connectivity index (χ0v) is 10.0. The van der Waals surface area contributed by atoms with Crippen molar-refractivity contribution in [3.63, 3.8) is 0 Å². The van der Waals surface area contributed by atoms with Gasteiger partial charge in [-0.3, -0.25) is 19.5 Å². The molecule has 0 aromatic carbocycles. The Hall–Kier alpha value is -1.37. The van der Waals surface area contributed by atoms with Crippen LogP contribution in [-0.4, -0.2) is 27.7 Å². The van der Waals surface area contributed by atoms with Crippen LogP contribution in [0.15, 0.2) is 10.9 Å². The zero-order valence-electron chi connectivity index (χ0n) is 8.44. The minimum Gasteiger partial charge on any atom is -0.383 e. The van der Waals surface area contributed by atoms with E-state index in [4.69, 9.17) is 5.73 Å². The maximum Gasteiger partial charge on any atom is 0.254 e. The first-order chi connectivity index (χ1) is 7.60. The van der Waals surface area contributed by atoms with Gasteiger partial charge in [0.05, 0.1) is 0 Å². The van der Waals surface area contributed by atoms with E-state index in [-0.39, 0.29) is 29.2 Å². The van der Waals surface area contributed by atoms with Gasteiger partial charge in [0, 0.05) is 24.4 Å². The summed E-state index contributed by atoms with van der Waals surface area (Å²) in [4.78, 5) is 30.8. The molecule has 6 nitrogen and oxygen atoms in total. The highest BCUT2D eigenvalue weighted by atomic mass is 79.9. The molecule has 2 heterocycles. The number of amides is 1. The number of anilines is 2. The number of nitrogen functional groups attached to an aromatic ring is 1. The average Bonchev–Trinajstić information content (AvgIpc) is 2.58. The summed E-state index contributed by atoms with van der Waals surface area (Å²) in [7, 11) is 0. The molecule has 0 spiro atoms. The zero-order chi connectivity index (χ0) is 11.7. The van der Waals surface area contributed by atoms with E-state index < -0.39 is 0 Å². The molecule has 1 aromatic rings. The standard InChI is InChI=1S/C9H11BrN4O2/c10-3-5-1-8(16)14(4-5)9-12-6(11)2-7(15)13-9/h2,5H,1,3-4H2,(H3,11,12,13,15). The van der Waals surface area contributed by atoms with Crippen LogP contribution in [-0.2, 0) is 4.79 Å². The van der Waals surface area contributed by atoms with Crippen LogP contribution in [0.5, 0.6) is 0 Å². The van der Waals surface area contributed by atoms with E-state index in [0.29, 0.717) is 13.0 Å². The Morgan fingerprint density at radius 2 is 2.38 bits per heavy atom. The van der Waals surface area contributed by atoms with Gasteiger partial charge >= 0.3 is 0 Å². The number of nitrogens with one attached hydrogen (secondary N) is 1. The van der Waals surface area contributed by atoms with E-state index in [2.05, 4.69) is 25.9 Å². The SMILES string of the molecule is Nc1cc(=O)[nH]c(N2CC(CBr)CC2=O)n1. The molecule has 1 atom stereocenters. The van der Waals surface area contributed by atoms with E-state index >= 15 is 0 Å². The first kappa shape index (κ1) is 11.1. The minimum atomic E-state index is -0.349. The molecule has 3 N–H and O–H groups in total. The fourth-order valence-electron chi connectivity index (χ4n) is 1.68. The van der Waals surface area contributed by atoms with Gasteiger partial charge < -0.3 is 5.73 Å². The first-order valence-corrected chi connectivity index (χ1v) is 5.95. The number of carbonyl (C=O) groups excluding carboxylic acids is 1. The van der Waals surface area contributed by atoms with Gasteiger partial charge in [-0.2, -0.15) is 4.98 Å². The Bertz CT molecular complexity index is 473. The summed E-state index contributed by atoms with van der Waals surface area (Å²) < 4.78 is 0. The van der Waals surface area contributed by atoms with Gasteiger partial charge in [0.25, 0.3) is 5.56 Å². The number of alkyl halides is 1. The molecule has 7 heteroatoms. The second-order valence-corrected chi connectivity index (χ2v) is 4.37. The number of hydrogen-bond donors (Lipinski definition) is 2. The molecule has 0 bridgehead atoms. The molecule has 2 rings (SSSR count). The van der Waals surface area contributed by atoms with Crippen molar-refractivity contribution in [1.29, 1.82) is 0 Å². The molecular formula is C9H11BrN4O2. The largest absolute Gasteiger partial charge is 0.383 e. The number of halogens is 1. The lowest BCUT2D eigenvalue weighted by atomic mass is 10.2. The van der Waals surface area contributed by atoms with Crippen molar-refractivity contribution >= 4 is 33.6 Å². The third kappa shape index (κ3) is 2.08. The maximum absolute atomic E-state index is 11.7. The summed E-state index contributed by atoms with van der Waals surface area (Å²) in [6, 6.07) is 1.19. The number of rotatable bonds is 2. The van der Waals surface area contributed by atoms with Gasteiger partial charge in [-0.05, 0) is 5.92 Å². The fraction of sp³-hybridized carbons (Fsp3) is 0.444. The van der Waals surface area contributed by atoms with Crippen LogP contribution in [0.3, 0.4) is 0 Å². The van der Waals surface area contributed by atoms with Gasteiger partial charge in [-0.25, -0.2) is 0 Å². The number of H-pyrrole nitrogens is 1. The summed E-state index contributed by atoms with van der Waals surface area (Å²) in [6.45, 7) is 0.552. The molecule has 86 valence electrons. The van der Waals surface area contributed by atoms with Crippen molar-refractivity contribution in [2.24, 2.45) is 5.92 Å². The average molecular weight is 287 g/mol. The van der Waals surface area contributed by atoms with Crippen LogP contribution in [0.2, 0.25) is 0 Å². The van der Waals surface area contributed by atoms with Crippen molar-refractivity contribution in [2.75, 3.05) is 22.5 Å². The van der Waals surface area contributed by atoms with Crippen molar-refractivity contribution < 1.29 is 4.79 Å². The summed E-state index contributed by atoms with van der Waals surface area (Å²) in [5.41, 5.74) is 5.11. The normalized spacial score (nSPS) is 20.4. The van der Waals surface area contributed by atoms with Crippen molar-refractivity contribution in [2.45, 2.75) is 6.42 Å². The molecule has 1 saturated heterocycles. The lowest BCUT2D eigenvalue weighted by Crippen LogP contribution is -2.29. The Kier molecular flexibility index (Phi) is 2.95. The smallest absolute Gasteiger partial charge is 0.254 e. The summed E-state index contributed by atoms with van der Waals surface area (Å²) in [5, 5.41) is 0.752. The highest BCUT2D eigenvalue weighted by Gasteiger charge is 2.31. The Morgan fingerprint density at radius 1 is 1.62 bits per heavy atom. The number of nitrogens with two attached hydrogens (primary N) is 1. The van der Waals surface area contributed by atoms with Gasteiger partial charge in [0.2, 0.25) is 11.9 Å². The van der Waals surface area contributed by atoms with Crippen molar-refractivity contribution in [1.82, 2.24) is 9.97 Å². The topological polar surface area (TPSA) is 92.1 Å². The third-order valence-corrected chi connectivity index (χ3v) is 3.34. The number of nitrogens with zero attached hydrogens (tertiary/aromatic N) is 2. The monoisotopic (exact) mass is 286 g/mol. The van der Waals surface area contributed by atoms with Crippen molar-refractivity contribution in [3.05, 3.63) is 16.4 Å². The molecule has 0 radical (unpaired) electrons. The molecule has 1 amide bonds. The summed E-state index contributed by atoms with van der Waals surface area (Å²) >= 11 is 3.34. The highest BCUT2D eigenvalue weighted by molar-refractivity contribution is 9.09. The quantitative estimate of drug-likeness (QED) is 0.755. The Balaban J connectivity index is 2.31. The molecule has 1 aliphatic rings. The maximum atomic E-state index is 11.7. The predicted octanol–water partition coefficient (Wildman–Crippen LogP) is 0.0999. The summed E-state index contributed by atoms with van der Waals surface area (Å²) in [5.74, 6) is 0.560. The van der Waals surface area contributed by atoms with E-state index in [1.54, 1.807) is 0 Å². The highest BCUT2D eigenvalue weighted by Crippen LogP contribution is 2.22. The van der Waals surface area contributed by atoms with Crippen LogP contribution in [0.1, 0.15) is 6.42 Å². The van der Waals surface area contributed by atoms with E-state index in [9.17, 15) is 9.59 Å². The lowest BCUT2D eigenvalue weighted by molar-refractivity contribution is -0.117. The molecule has 1 aromatic heterocycles. The summed E-state index contributed by atoms with van der Waals surface area (Å²) in [6.07, 6.45) is 0.462. The molecule has 1 fully saturated rings. The Morgan fingerprint density at radius 3 is 2.94 bits per heavy atom. The second-order valence-electron chi connectivity index (χ2n) is 3.72. The molecule has 0 saturated carbocycles. The molecule has 1 aliphatic heterocycles. The molecule has 0 aliphatic carbocycles. The third-order valence-electron chi connectivity index (χ3n) is 2.43. The van der Waals surface area contributed by atoms with Crippen LogP contribution >= 0.6 is 15.9 Å². The van der Waals surface area contributed by atoms with Crippen molar-refractivity contribution in [3.8, 4) is 0 Å². The van der Waals surface area contributed by atoms with E-state index in [1.165, 1.54) is 11.0 Å². The minimum absolute atomic E-state index is 0.0433. The molecule has 1 unspecified atom stereocenters. The van der Waals surface area contributed by atoms with Gasteiger partial charge in [-0.15, -0.1) is 0 Å². The van der Waals surface area contributed by atoms with Gasteiger partial charge in [0.1, 0.15) is 5.82 Å². The second kappa shape index (κ2) is 4.25. The lowest BCUT2D eigenvalue weighted by Gasteiger charge is -2.14. The van der Waals surface area contributed by atoms with Crippen LogP contribution in [0, 0.1) is 5.92 Å². The molecular weight excluding hydrogens is 276 g/mol. The number of carbonyl (C=O) groups is 1. The van der Waals surface area contributed by atoms with Gasteiger partial charge in [0.15, 0.2) is 0 Å².